The SMILES string of the molecule is Cc1ccc(C2Cc3ccccc3-c3oc4ccccc4c(=O)c32)cc1. The highest BCUT2D eigenvalue weighted by molar-refractivity contribution is 5.82. The summed E-state index contributed by atoms with van der Waals surface area (Å²) in [5.41, 5.74) is 6.16. The first-order chi connectivity index (χ1) is 12.7. The predicted octanol–water partition coefficient (Wildman–Crippen LogP) is 5.46. The molecular weight excluding hydrogens is 320 g/mol. The summed E-state index contributed by atoms with van der Waals surface area (Å²) in [5.74, 6) is 0.738. The van der Waals surface area contributed by atoms with Crippen LogP contribution in [0.5, 0.6) is 0 Å². The maximum Gasteiger partial charge on any atom is 0.197 e. The predicted molar refractivity (Wildman–Crippen MR) is 105 cm³/mol. The van der Waals surface area contributed by atoms with Crippen LogP contribution in [0.3, 0.4) is 0 Å². The highest BCUT2D eigenvalue weighted by Gasteiger charge is 2.31. The van der Waals surface area contributed by atoms with Gasteiger partial charge in [-0.3, -0.25) is 4.79 Å². The molecule has 0 saturated heterocycles. The number of para-hydroxylation sites is 1. The molecule has 1 aromatic heterocycles. The number of aryl methyl sites for hydroxylation is 1. The van der Waals surface area contributed by atoms with Crippen LogP contribution in [-0.4, -0.2) is 0 Å². The minimum atomic E-state index is 0.0151. The summed E-state index contributed by atoms with van der Waals surface area (Å²) in [6.07, 6.45) is 0.815. The van der Waals surface area contributed by atoms with Gasteiger partial charge >= 0.3 is 0 Å². The van der Waals surface area contributed by atoms with Crippen LogP contribution in [-0.2, 0) is 6.42 Å². The van der Waals surface area contributed by atoms with Gasteiger partial charge in [0.2, 0.25) is 0 Å². The molecule has 4 aromatic rings. The minimum absolute atomic E-state index is 0.0151. The zero-order chi connectivity index (χ0) is 17.7. The second-order valence-corrected chi connectivity index (χ2v) is 6.99. The van der Waals surface area contributed by atoms with E-state index in [1.807, 2.05) is 30.3 Å². The molecule has 1 aliphatic rings. The Morgan fingerprint density at radius 1 is 0.885 bits per heavy atom. The van der Waals surface area contributed by atoms with Crippen LogP contribution < -0.4 is 5.43 Å². The Bertz CT molecular complexity index is 1180. The van der Waals surface area contributed by atoms with E-state index < -0.39 is 0 Å². The minimum Gasteiger partial charge on any atom is -0.455 e. The quantitative estimate of drug-likeness (QED) is 0.461. The number of benzene rings is 3. The first-order valence-electron chi connectivity index (χ1n) is 8.93. The van der Waals surface area contributed by atoms with Gasteiger partial charge in [-0.05, 0) is 36.6 Å². The summed E-state index contributed by atoms with van der Waals surface area (Å²) in [5, 5.41) is 0.655. The summed E-state index contributed by atoms with van der Waals surface area (Å²) in [4.78, 5) is 13.4. The van der Waals surface area contributed by atoms with Crippen LogP contribution in [0.15, 0.2) is 82.0 Å². The molecule has 5 rings (SSSR count). The third-order valence-corrected chi connectivity index (χ3v) is 5.35. The van der Waals surface area contributed by atoms with Gasteiger partial charge in [0.25, 0.3) is 0 Å². The Labute approximate surface area is 151 Å². The average Bonchev–Trinajstić information content (AvgIpc) is 2.68. The van der Waals surface area contributed by atoms with E-state index in [1.54, 1.807) is 0 Å². The summed E-state index contributed by atoms with van der Waals surface area (Å²) in [7, 11) is 0. The first-order valence-corrected chi connectivity index (χ1v) is 8.93. The van der Waals surface area contributed by atoms with Crippen molar-refractivity contribution < 1.29 is 4.42 Å². The van der Waals surface area contributed by atoms with Crippen LogP contribution in [0.1, 0.15) is 28.2 Å². The lowest BCUT2D eigenvalue weighted by molar-refractivity contribution is 0.591. The molecule has 1 aliphatic carbocycles. The van der Waals surface area contributed by atoms with E-state index in [-0.39, 0.29) is 11.3 Å². The van der Waals surface area contributed by atoms with Crippen molar-refractivity contribution in [1.29, 1.82) is 0 Å². The zero-order valence-electron chi connectivity index (χ0n) is 14.5. The molecule has 0 fully saturated rings. The van der Waals surface area contributed by atoms with E-state index >= 15 is 0 Å². The van der Waals surface area contributed by atoms with Gasteiger partial charge in [0.15, 0.2) is 5.43 Å². The van der Waals surface area contributed by atoms with Crippen molar-refractivity contribution in [3.8, 4) is 11.3 Å². The van der Waals surface area contributed by atoms with Crippen molar-refractivity contribution >= 4 is 11.0 Å². The van der Waals surface area contributed by atoms with Crippen molar-refractivity contribution in [1.82, 2.24) is 0 Å². The van der Waals surface area contributed by atoms with E-state index in [0.717, 1.165) is 28.9 Å². The van der Waals surface area contributed by atoms with E-state index in [9.17, 15) is 4.79 Å². The molecule has 2 nitrogen and oxygen atoms in total. The molecule has 2 heteroatoms. The summed E-state index contributed by atoms with van der Waals surface area (Å²) in [6, 6.07) is 24.2. The Kier molecular flexibility index (Phi) is 3.32. The third kappa shape index (κ3) is 2.22. The molecule has 0 N–H and O–H groups in total. The molecule has 1 heterocycles. The van der Waals surface area contributed by atoms with Crippen LogP contribution in [0.2, 0.25) is 0 Å². The highest BCUT2D eigenvalue weighted by Crippen LogP contribution is 2.42. The van der Waals surface area contributed by atoms with Crippen LogP contribution in [0.4, 0.5) is 0 Å². The highest BCUT2D eigenvalue weighted by atomic mass is 16.3. The lowest BCUT2D eigenvalue weighted by Gasteiger charge is -2.27. The topological polar surface area (TPSA) is 30.2 Å². The number of fused-ring (bicyclic) bond motifs is 4. The molecular formula is C24H18O2. The van der Waals surface area contributed by atoms with E-state index in [0.29, 0.717) is 11.0 Å². The molecule has 1 unspecified atom stereocenters. The standard InChI is InChI=1S/C24H18O2/c1-15-10-12-16(13-11-15)20-14-17-6-2-3-7-18(17)24-22(20)23(25)19-8-4-5-9-21(19)26-24/h2-13,20H,14H2,1H3. The summed E-state index contributed by atoms with van der Waals surface area (Å²) in [6.45, 7) is 2.08. The van der Waals surface area contributed by atoms with Gasteiger partial charge in [-0.25, -0.2) is 0 Å². The Hall–Kier alpha value is -3.13. The van der Waals surface area contributed by atoms with Crippen molar-refractivity contribution in [2.75, 3.05) is 0 Å². The molecule has 0 radical (unpaired) electrons. The molecule has 3 aromatic carbocycles. The molecule has 0 aliphatic heterocycles. The van der Waals surface area contributed by atoms with Gasteiger partial charge < -0.3 is 4.42 Å². The number of hydrogen-bond donors (Lipinski definition) is 0. The average molecular weight is 338 g/mol. The molecule has 0 spiro atoms. The lowest BCUT2D eigenvalue weighted by Crippen LogP contribution is -2.22. The second-order valence-electron chi connectivity index (χ2n) is 6.99. The van der Waals surface area contributed by atoms with Gasteiger partial charge in [-0.2, -0.15) is 0 Å². The monoisotopic (exact) mass is 338 g/mol. The first kappa shape index (κ1) is 15.2. The Morgan fingerprint density at radius 3 is 2.46 bits per heavy atom. The Balaban J connectivity index is 1.86. The maximum atomic E-state index is 13.4. The summed E-state index contributed by atoms with van der Waals surface area (Å²) < 4.78 is 6.27. The molecule has 1 atom stereocenters. The Morgan fingerprint density at radius 2 is 1.62 bits per heavy atom. The fraction of sp³-hybridized carbons (Fsp3) is 0.125. The summed E-state index contributed by atoms with van der Waals surface area (Å²) >= 11 is 0. The number of hydrogen-bond acceptors (Lipinski definition) is 2. The van der Waals surface area contributed by atoms with Crippen molar-refractivity contribution in [2.45, 2.75) is 19.3 Å². The van der Waals surface area contributed by atoms with Crippen molar-refractivity contribution in [3.63, 3.8) is 0 Å². The fourth-order valence-electron chi connectivity index (χ4n) is 4.00. The smallest absolute Gasteiger partial charge is 0.197 e. The van der Waals surface area contributed by atoms with Crippen molar-refractivity contribution in [2.24, 2.45) is 0 Å². The maximum absolute atomic E-state index is 13.4. The van der Waals surface area contributed by atoms with Crippen molar-refractivity contribution in [3.05, 3.63) is 105 Å². The third-order valence-electron chi connectivity index (χ3n) is 5.35. The van der Waals surface area contributed by atoms with Gasteiger partial charge in [0.05, 0.1) is 10.9 Å². The van der Waals surface area contributed by atoms with Crippen LogP contribution >= 0.6 is 0 Å². The van der Waals surface area contributed by atoms with E-state index in [1.165, 1.54) is 11.1 Å². The molecule has 0 bridgehead atoms. The normalized spacial score (nSPS) is 15.5. The van der Waals surface area contributed by atoms with Gasteiger partial charge in [-0.15, -0.1) is 0 Å². The van der Waals surface area contributed by atoms with E-state index in [2.05, 4.69) is 49.4 Å². The fourth-order valence-corrected chi connectivity index (χ4v) is 4.00. The molecule has 0 amide bonds. The van der Waals surface area contributed by atoms with Gasteiger partial charge in [0.1, 0.15) is 11.3 Å². The van der Waals surface area contributed by atoms with Gasteiger partial charge in [0, 0.05) is 11.5 Å². The van der Waals surface area contributed by atoms with Crippen LogP contribution in [0.25, 0.3) is 22.3 Å². The molecule has 126 valence electrons. The lowest BCUT2D eigenvalue weighted by atomic mass is 9.77. The zero-order valence-corrected chi connectivity index (χ0v) is 14.5. The largest absolute Gasteiger partial charge is 0.455 e. The second kappa shape index (κ2) is 5.70. The number of rotatable bonds is 1. The van der Waals surface area contributed by atoms with Crippen LogP contribution in [0, 0.1) is 6.92 Å². The van der Waals surface area contributed by atoms with Gasteiger partial charge in [-0.1, -0.05) is 66.2 Å². The molecule has 0 saturated carbocycles. The molecule has 26 heavy (non-hydrogen) atoms. The van der Waals surface area contributed by atoms with E-state index in [4.69, 9.17) is 4.42 Å².